The third kappa shape index (κ3) is 4.54. The summed E-state index contributed by atoms with van der Waals surface area (Å²) in [5.41, 5.74) is 0.686. The Balaban J connectivity index is 2.77. The largest absolute Gasteiger partial charge is 0.461 e. The van der Waals surface area contributed by atoms with Crippen molar-refractivity contribution in [2.24, 2.45) is 10.2 Å². The number of halogens is 2. The van der Waals surface area contributed by atoms with Crippen LogP contribution in [0.15, 0.2) is 40.5 Å². The third-order valence-electron chi connectivity index (χ3n) is 1.68. The van der Waals surface area contributed by atoms with Crippen molar-refractivity contribution in [3.8, 4) is 0 Å². The number of ether oxygens (including phenoxy) is 1. The minimum atomic E-state index is -0.726. The Morgan fingerprint density at radius 3 is 2.47 bits per heavy atom. The number of esters is 1. The van der Waals surface area contributed by atoms with Crippen LogP contribution in [0.2, 0.25) is 0 Å². The number of hydrogen-bond acceptors (Lipinski definition) is 4. The van der Waals surface area contributed by atoms with Crippen LogP contribution in [0.4, 0.5) is 0 Å². The molecule has 0 aliphatic heterocycles. The van der Waals surface area contributed by atoms with Gasteiger partial charge in [0.15, 0.2) is 5.17 Å². The van der Waals surface area contributed by atoms with Gasteiger partial charge in [0.25, 0.3) is 0 Å². The molecule has 0 unspecified atom stereocenters. The predicted molar refractivity (Wildman–Crippen MR) is 68.8 cm³/mol. The van der Waals surface area contributed by atoms with Crippen LogP contribution < -0.4 is 0 Å². The number of benzene rings is 1. The van der Waals surface area contributed by atoms with Crippen molar-refractivity contribution < 1.29 is 9.53 Å². The fourth-order valence-electron chi connectivity index (χ4n) is 0.953. The summed E-state index contributed by atoms with van der Waals surface area (Å²) >= 11 is 11.4. The summed E-state index contributed by atoms with van der Waals surface area (Å²) in [5.74, 6) is -0.726. The van der Waals surface area contributed by atoms with Crippen molar-refractivity contribution in [2.45, 2.75) is 6.92 Å². The zero-order chi connectivity index (χ0) is 12.7. The van der Waals surface area contributed by atoms with E-state index in [9.17, 15) is 4.79 Å². The molecule has 0 aliphatic carbocycles. The SMILES string of the molecule is CCOC(=O)C(Cl)=NN=C(Cl)c1ccccc1. The summed E-state index contributed by atoms with van der Waals surface area (Å²) < 4.78 is 4.63. The van der Waals surface area contributed by atoms with Crippen molar-refractivity contribution in [1.82, 2.24) is 0 Å². The fourth-order valence-corrected chi connectivity index (χ4v) is 1.21. The smallest absolute Gasteiger partial charge is 0.370 e. The van der Waals surface area contributed by atoms with E-state index in [2.05, 4.69) is 14.9 Å². The maximum absolute atomic E-state index is 11.1. The summed E-state index contributed by atoms with van der Waals surface area (Å²) in [7, 11) is 0. The minimum absolute atomic E-state index is 0.146. The van der Waals surface area contributed by atoms with Crippen LogP contribution in [0.25, 0.3) is 0 Å². The van der Waals surface area contributed by atoms with Crippen molar-refractivity contribution in [3.05, 3.63) is 35.9 Å². The highest BCUT2D eigenvalue weighted by molar-refractivity contribution is 6.82. The zero-order valence-corrected chi connectivity index (χ0v) is 10.6. The van der Waals surface area contributed by atoms with Crippen LogP contribution >= 0.6 is 23.2 Å². The number of hydrogen-bond donors (Lipinski definition) is 0. The molecule has 6 heteroatoms. The lowest BCUT2D eigenvalue weighted by Gasteiger charge is -1.97. The Morgan fingerprint density at radius 1 is 1.24 bits per heavy atom. The van der Waals surface area contributed by atoms with E-state index < -0.39 is 5.97 Å². The maximum Gasteiger partial charge on any atom is 0.370 e. The molecule has 0 spiro atoms. The second kappa shape index (κ2) is 7.04. The number of carbonyl (C=O) groups is 1. The van der Waals surface area contributed by atoms with Gasteiger partial charge in [-0.3, -0.25) is 0 Å². The van der Waals surface area contributed by atoms with Gasteiger partial charge in [-0.15, -0.1) is 10.2 Å². The summed E-state index contributed by atoms with van der Waals surface area (Å²) in [6.07, 6.45) is 0. The lowest BCUT2D eigenvalue weighted by Crippen LogP contribution is -2.11. The molecule has 17 heavy (non-hydrogen) atoms. The Kier molecular flexibility index (Phi) is 5.66. The van der Waals surface area contributed by atoms with Gasteiger partial charge in [0.05, 0.1) is 6.61 Å². The quantitative estimate of drug-likeness (QED) is 0.481. The summed E-state index contributed by atoms with van der Waals surface area (Å²) in [5, 5.41) is 6.90. The molecule has 0 radical (unpaired) electrons. The van der Waals surface area contributed by atoms with E-state index in [4.69, 9.17) is 23.2 Å². The second-order valence-electron chi connectivity index (χ2n) is 2.87. The molecule has 0 saturated heterocycles. The molecule has 90 valence electrons. The molecule has 0 heterocycles. The van der Waals surface area contributed by atoms with Gasteiger partial charge in [0.2, 0.25) is 5.17 Å². The number of nitrogens with zero attached hydrogens (tertiary/aromatic N) is 2. The van der Waals surface area contributed by atoms with Gasteiger partial charge in [0.1, 0.15) is 0 Å². The standard InChI is InChI=1S/C11H10Cl2N2O2/c1-2-17-11(16)10(13)15-14-9(12)8-6-4-3-5-7-8/h3-7H,2H2,1H3. The van der Waals surface area contributed by atoms with Gasteiger partial charge < -0.3 is 4.74 Å². The highest BCUT2D eigenvalue weighted by atomic mass is 35.5. The fraction of sp³-hybridized carbons (Fsp3) is 0.182. The third-order valence-corrected chi connectivity index (χ3v) is 2.21. The summed E-state index contributed by atoms with van der Waals surface area (Å²) in [4.78, 5) is 11.1. The van der Waals surface area contributed by atoms with Crippen LogP contribution in [-0.2, 0) is 9.53 Å². The van der Waals surface area contributed by atoms with Crippen LogP contribution in [0.1, 0.15) is 12.5 Å². The molecule has 0 N–H and O–H groups in total. The van der Waals surface area contributed by atoms with Gasteiger partial charge in [0, 0.05) is 5.56 Å². The molecule has 1 aromatic rings. The van der Waals surface area contributed by atoms with Gasteiger partial charge in [-0.2, -0.15) is 0 Å². The molecular formula is C11H10Cl2N2O2. The van der Waals surface area contributed by atoms with Crippen molar-refractivity contribution in [1.29, 1.82) is 0 Å². The first-order valence-corrected chi connectivity index (χ1v) is 5.60. The molecule has 0 aromatic heterocycles. The molecule has 4 nitrogen and oxygen atoms in total. The zero-order valence-electron chi connectivity index (χ0n) is 9.06. The normalized spacial score (nSPS) is 12.4. The molecule has 0 saturated carbocycles. The first-order chi connectivity index (χ1) is 8.15. The van der Waals surface area contributed by atoms with E-state index >= 15 is 0 Å². The number of carbonyl (C=O) groups excluding carboxylic acids is 1. The lowest BCUT2D eigenvalue weighted by molar-refractivity contribution is -0.134. The topological polar surface area (TPSA) is 51.0 Å². The first-order valence-electron chi connectivity index (χ1n) is 4.84. The van der Waals surface area contributed by atoms with Crippen molar-refractivity contribution >= 4 is 39.5 Å². The molecular weight excluding hydrogens is 263 g/mol. The predicted octanol–water partition coefficient (Wildman–Crippen LogP) is 2.79. The maximum atomic E-state index is 11.1. The average Bonchev–Trinajstić information content (AvgIpc) is 2.36. The minimum Gasteiger partial charge on any atom is -0.461 e. The van der Waals surface area contributed by atoms with E-state index in [0.29, 0.717) is 5.56 Å². The highest BCUT2D eigenvalue weighted by Crippen LogP contribution is 2.05. The van der Waals surface area contributed by atoms with Crippen LogP contribution in [-0.4, -0.2) is 22.9 Å². The molecule has 1 aromatic carbocycles. The van der Waals surface area contributed by atoms with Crippen molar-refractivity contribution in [3.63, 3.8) is 0 Å². The monoisotopic (exact) mass is 272 g/mol. The molecule has 0 fully saturated rings. The van der Waals surface area contributed by atoms with E-state index in [1.165, 1.54) is 0 Å². The Morgan fingerprint density at radius 2 is 1.88 bits per heavy atom. The van der Waals surface area contributed by atoms with E-state index in [1.807, 2.05) is 18.2 Å². The molecule has 0 aliphatic rings. The summed E-state index contributed by atoms with van der Waals surface area (Å²) in [6, 6.07) is 9.00. The number of rotatable bonds is 4. The van der Waals surface area contributed by atoms with Gasteiger partial charge in [-0.1, -0.05) is 53.5 Å². The highest BCUT2D eigenvalue weighted by Gasteiger charge is 2.08. The molecule has 0 atom stereocenters. The molecule has 1 rings (SSSR count). The second-order valence-corrected chi connectivity index (χ2v) is 3.58. The van der Waals surface area contributed by atoms with Crippen LogP contribution in [0.3, 0.4) is 0 Å². The van der Waals surface area contributed by atoms with Gasteiger partial charge >= 0.3 is 5.97 Å². The first kappa shape index (κ1) is 13.7. The van der Waals surface area contributed by atoms with E-state index in [-0.39, 0.29) is 16.9 Å². The van der Waals surface area contributed by atoms with Crippen molar-refractivity contribution in [2.75, 3.05) is 6.61 Å². The Hall–Kier alpha value is -1.39. The van der Waals surface area contributed by atoms with E-state index in [0.717, 1.165) is 0 Å². The van der Waals surface area contributed by atoms with Gasteiger partial charge in [-0.25, -0.2) is 4.79 Å². The van der Waals surface area contributed by atoms with E-state index in [1.54, 1.807) is 19.1 Å². The average molecular weight is 273 g/mol. The Bertz CT molecular complexity index is 444. The van der Waals surface area contributed by atoms with Crippen LogP contribution in [0.5, 0.6) is 0 Å². The molecule has 0 amide bonds. The van der Waals surface area contributed by atoms with Crippen LogP contribution in [0, 0.1) is 0 Å². The Labute approximate surface area is 109 Å². The molecule has 0 bridgehead atoms. The lowest BCUT2D eigenvalue weighted by atomic mass is 10.2. The van der Waals surface area contributed by atoms with Gasteiger partial charge in [-0.05, 0) is 6.92 Å². The summed E-state index contributed by atoms with van der Waals surface area (Å²) in [6.45, 7) is 1.89.